The van der Waals surface area contributed by atoms with E-state index in [0.29, 0.717) is 29.1 Å². The highest BCUT2D eigenvalue weighted by Crippen LogP contribution is 2.26. The summed E-state index contributed by atoms with van der Waals surface area (Å²) < 4.78 is 10.4. The predicted octanol–water partition coefficient (Wildman–Crippen LogP) is 3.17. The van der Waals surface area contributed by atoms with Crippen LogP contribution in [0.3, 0.4) is 0 Å². The summed E-state index contributed by atoms with van der Waals surface area (Å²) in [6.45, 7) is 4.36. The van der Waals surface area contributed by atoms with Crippen LogP contribution >= 0.6 is 11.3 Å². The Morgan fingerprint density at radius 1 is 0.933 bits per heavy atom. The second kappa shape index (κ2) is 10.6. The number of hydrogen-bond acceptors (Lipinski definition) is 9. The van der Waals surface area contributed by atoms with Gasteiger partial charge in [0, 0.05) is 30.5 Å². The highest BCUT2D eigenvalue weighted by Gasteiger charge is 2.28. The van der Waals surface area contributed by atoms with Gasteiger partial charge in [-0.3, -0.25) is 15.3 Å². The Morgan fingerprint density at radius 2 is 1.50 bits per heavy atom. The van der Waals surface area contributed by atoms with Gasteiger partial charge in [-0.1, -0.05) is 0 Å². The summed E-state index contributed by atoms with van der Waals surface area (Å²) in [5, 5.41) is 6.06. The number of aromatic nitrogens is 3. The summed E-state index contributed by atoms with van der Waals surface area (Å²) in [5.74, 6) is -0.981. The van der Waals surface area contributed by atoms with Gasteiger partial charge in [0.15, 0.2) is 0 Å². The minimum Gasteiger partial charge on any atom is -0.462 e. The van der Waals surface area contributed by atoms with Gasteiger partial charge in [0.1, 0.15) is 5.01 Å². The molecule has 0 saturated carbocycles. The Kier molecular flexibility index (Phi) is 7.58. The van der Waals surface area contributed by atoms with E-state index in [-0.39, 0.29) is 13.2 Å². The zero-order chi connectivity index (χ0) is 21.3. The molecule has 0 aromatic carbocycles. The van der Waals surface area contributed by atoms with Crippen LogP contribution in [-0.4, -0.2) is 40.1 Å². The second-order valence-electron chi connectivity index (χ2n) is 6.05. The average Bonchev–Trinajstić information content (AvgIpc) is 3.28. The highest BCUT2D eigenvalue weighted by molar-refractivity contribution is 7.09. The standard InChI is InChI=1S/C21H22N4O4S/c1-3-28-20(26)14-7-5-9-23-17(14)19(25-13-16-22-11-12-30-16)18-15(8-6-10-24-18)21(27)29-4-2/h5-12,19,25H,3-4,13H2,1-2H3. The van der Waals surface area contributed by atoms with Gasteiger partial charge in [-0.2, -0.15) is 0 Å². The maximum Gasteiger partial charge on any atom is 0.340 e. The van der Waals surface area contributed by atoms with Gasteiger partial charge in [0.25, 0.3) is 0 Å². The number of nitrogens with zero attached hydrogens (tertiary/aromatic N) is 3. The largest absolute Gasteiger partial charge is 0.462 e. The van der Waals surface area contributed by atoms with E-state index in [9.17, 15) is 9.59 Å². The van der Waals surface area contributed by atoms with Gasteiger partial charge in [0.2, 0.25) is 0 Å². The molecule has 0 aliphatic carbocycles. The molecular weight excluding hydrogens is 404 g/mol. The van der Waals surface area contributed by atoms with Crippen LogP contribution in [0, 0.1) is 0 Å². The number of nitrogens with one attached hydrogen (secondary N) is 1. The molecule has 0 fully saturated rings. The Labute approximate surface area is 178 Å². The molecule has 3 aromatic rings. The molecule has 30 heavy (non-hydrogen) atoms. The van der Waals surface area contributed by atoms with Gasteiger partial charge in [0.05, 0.1) is 41.8 Å². The van der Waals surface area contributed by atoms with Crippen LogP contribution in [0.25, 0.3) is 0 Å². The average molecular weight is 426 g/mol. The molecule has 0 aliphatic rings. The first-order valence-electron chi connectivity index (χ1n) is 9.51. The first-order chi connectivity index (χ1) is 14.7. The second-order valence-corrected chi connectivity index (χ2v) is 7.03. The van der Waals surface area contributed by atoms with E-state index in [1.165, 1.54) is 11.3 Å². The summed E-state index contributed by atoms with van der Waals surface area (Å²) in [6.07, 6.45) is 4.89. The molecule has 0 radical (unpaired) electrons. The van der Waals surface area contributed by atoms with E-state index in [4.69, 9.17) is 9.47 Å². The lowest BCUT2D eigenvalue weighted by atomic mass is 9.99. The van der Waals surface area contributed by atoms with Crippen molar-refractivity contribution in [3.05, 3.63) is 75.8 Å². The van der Waals surface area contributed by atoms with Crippen LogP contribution < -0.4 is 5.32 Å². The van der Waals surface area contributed by atoms with Gasteiger partial charge in [-0.05, 0) is 38.1 Å². The number of thiazole rings is 1. The molecule has 3 aromatic heterocycles. The molecule has 1 N–H and O–H groups in total. The van der Waals surface area contributed by atoms with Crippen LogP contribution in [0.1, 0.15) is 57.0 Å². The molecule has 0 unspecified atom stereocenters. The van der Waals surface area contributed by atoms with Gasteiger partial charge in [-0.25, -0.2) is 14.6 Å². The summed E-state index contributed by atoms with van der Waals surface area (Å²) in [7, 11) is 0. The minimum absolute atomic E-state index is 0.238. The molecule has 0 bridgehead atoms. The van der Waals surface area contributed by atoms with E-state index >= 15 is 0 Å². The van der Waals surface area contributed by atoms with Gasteiger partial charge < -0.3 is 9.47 Å². The molecule has 0 spiro atoms. The molecule has 3 rings (SSSR count). The Hall–Kier alpha value is -3.17. The van der Waals surface area contributed by atoms with Crippen molar-refractivity contribution in [3.63, 3.8) is 0 Å². The van der Waals surface area contributed by atoms with Crippen LogP contribution in [0.4, 0.5) is 0 Å². The van der Waals surface area contributed by atoms with Crippen LogP contribution in [0.2, 0.25) is 0 Å². The predicted molar refractivity (Wildman–Crippen MR) is 111 cm³/mol. The van der Waals surface area contributed by atoms with Gasteiger partial charge >= 0.3 is 11.9 Å². The molecule has 0 aliphatic heterocycles. The summed E-state index contributed by atoms with van der Waals surface area (Å²) in [5.41, 5.74) is 1.43. The number of carbonyl (C=O) groups excluding carboxylic acids is 2. The molecule has 3 heterocycles. The highest BCUT2D eigenvalue weighted by atomic mass is 32.1. The van der Waals surface area contributed by atoms with Crippen molar-refractivity contribution in [2.75, 3.05) is 13.2 Å². The van der Waals surface area contributed by atoms with Crippen LogP contribution in [0.5, 0.6) is 0 Å². The molecule has 0 saturated heterocycles. The SMILES string of the molecule is CCOC(=O)c1cccnc1C(NCc1nccs1)c1ncccc1C(=O)OCC. The topological polar surface area (TPSA) is 103 Å². The van der Waals surface area contributed by atoms with E-state index in [1.807, 2.05) is 5.38 Å². The molecule has 0 atom stereocenters. The molecule has 8 nitrogen and oxygen atoms in total. The fourth-order valence-corrected chi connectivity index (χ4v) is 3.48. The van der Waals surface area contributed by atoms with Crippen molar-refractivity contribution >= 4 is 23.3 Å². The van der Waals surface area contributed by atoms with Crippen molar-refractivity contribution < 1.29 is 19.1 Å². The minimum atomic E-state index is -0.657. The Bertz CT molecular complexity index is 933. The van der Waals surface area contributed by atoms with E-state index in [2.05, 4.69) is 20.3 Å². The van der Waals surface area contributed by atoms with E-state index < -0.39 is 18.0 Å². The first kappa shape index (κ1) is 21.5. The normalized spacial score (nSPS) is 10.8. The zero-order valence-corrected chi connectivity index (χ0v) is 17.5. The smallest absolute Gasteiger partial charge is 0.340 e. The van der Waals surface area contributed by atoms with Crippen molar-refractivity contribution in [1.82, 2.24) is 20.3 Å². The van der Waals surface area contributed by atoms with Crippen molar-refractivity contribution in [1.29, 1.82) is 0 Å². The number of hydrogen-bond donors (Lipinski definition) is 1. The van der Waals surface area contributed by atoms with Crippen molar-refractivity contribution in [2.24, 2.45) is 0 Å². The van der Waals surface area contributed by atoms with Crippen molar-refractivity contribution in [3.8, 4) is 0 Å². The lowest BCUT2D eigenvalue weighted by molar-refractivity contribution is 0.0517. The quantitative estimate of drug-likeness (QED) is 0.521. The fourth-order valence-electron chi connectivity index (χ4n) is 2.91. The third kappa shape index (κ3) is 5.05. The molecule has 9 heteroatoms. The Balaban J connectivity index is 2.07. The third-order valence-corrected chi connectivity index (χ3v) is 4.94. The lowest BCUT2D eigenvalue weighted by Gasteiger charge is -2.21. The fraction of sp³-hybridized carbons (Fsp3) is 0.286. The summed E-state index contributed by atoms with van der Waals surface area (Å²) >= 11 is 1.49. The van der Waals surface area contributed by atoms with E-state index in [1.54, 1.807) is 56.7 Å². The number of ether oxygens (including phenoxy) is 2. The summed E-state index contributed by atoms with van der Waals surface area (Å²) in [4.78, 5) is 38.2. The maximum atomic E-state index is 12.5. The molecular formula is C21H22N4O4S. The van der Waals surface area contributed by atoms with Crippen molar-refractivity contribution in [2.45, 2.75) is 26.4 Å². The number of carbonyl (C=O) groups is 2. The summed E-state index contributed by atoms with van der Waals surface area (Å²) in [6, 6.07) is 5.96. The van der Waals surface area contributed by atoms with Crippen LogP contribution in [-0.2, 0) is 16.0 Å². The monoisotopic (exact) mass is 426 g/mol. The number of rotatable bonds is 9. The van der Waals surface area contributed by atoms with Gasteiger partial charge in [-0.15, -0.1) is 11.3 Å². The zero-order valence-electron chi connectivity index (χ0n) is 16.7. The first-order valence-corrected chi connectivity index (χ1v) is 10.4. The number of pyridine rings is 2. The maximum absolute atomic E-state index is 12.5. The lowest BCUT2D eigenvalue weighted by Crippen LogP contribution is -2.28. The van der Waals surface area contributed by atoms with E-state index in [0.717, 1.165) is 5.01 Å². The number of esters is 2. The van der Waals surface area contributed by atoms with Crippen LogP contribution in [0.15, 0.2) is 48.2 Å². The molecule has 0 amide bonds. The molecule has 156 valence electrons. The Morgan fingerprint density at radius 3 is 1.97 bits per heavy atom. The third-order valence-electron chi connectivity index (χ3n) is 4.16.